The van der Waals surface area contributed by atoms with Crippen LogP contribution in [0.4, 0.5) is 0 Å². The van der Waals surface area contributed by atoms with Crippen molar-refractivity contribution in [2.75, 3.05) is 72.6 Å². The third-order valence-electron chi connectivity index (χ3n) is 5.56. The molecule has 0 spiro atoms. The smallest absolute Gasteiger partial charge is 0.228 e. The summed E-state index contributed by atoms with van der Waals surface area (Å²) in [5.41, 5.74) is -0.341. The highest BCUT2D eigenvalue weighted by Gasteiger charge is 2.39. The first-order chi connectivity index (χ1) is 11.6. The molecule has 0 aromatic rings. The molecule has 2 fully saturated rings. The molecule has 1 amide bonds. The Labute approximate surface area is 147 Å². The van der Waals surface area contributed by atoms with Crippen molar-refractivity contribution in [3.8, 4) is 0 Å². The number of hydrogen-bond donors (Lipinski definition) is 2. The van der Waals surface area contributed by atoms with E-state index in [4.69, 9.17) is 4.74 Å². The fourth-order valence-electron chi connectivity index (χ4n) is 3.87. The Hall–Kier alpha value is -0.690. The molecule has 2 N–H and O–H groups in total. The fourth-order valence-corrected chi connectivity index (χ4v) is 3.87. The number of carbonyl (C=O) groups excluding carboxylic acids is 1. The number of methoxy groups -OCH3 is 1. The Morgan fingerprint density at radius 1 is 1.21 bits per heavy atom. The van der Waals surface area contributed by atoms with E-state index in [1.807, 2.05) is 0 Å². The van der Waals surface area contributed by atoms with Gasteiger partial charge in [0.1, 0.15) is 0 Å². The van der Waals surface area contributed by atoms with Crippen molar-refractivity contribution in [2.45, 2.75) is 26.7 Å². The van der Waals surface area contributed by atoms with Crippen molar-refractivity contribution in [2.24, 2.45) is 11.3 Å². The zero-order valence-electron chi connectivity index (χ0n) is 15.8. The van der Waals surface area contributed by atoms with Crippen molar-refractivity contribution >= 4 is 5.91 Å². The molecule has 2 rings (SSSR count). The molecule has 2 aliphatic heterocycles. The summed E-state index contributed by atoms with van der Waals surface area (Å²) in [6.45, 7) is 14.4. The second-order valence-electron chi connectivity index (χ2n) is 7.51. The summed E-state index contributed by atoms with van der Waals surface area (Å²) in [5.74, 6) is 0.650. The lowest BCUT2D eigenvalue weighted by Gasteiger charge is -2.37. The van der Waals surface area contributed by atoms with Crippen LogP contribution in [0.3, 0.4) is 0 Å². The molecule has 2 aliphatic rings. The molecule has 0 aromatic carbocycles. The number of nitrogens with zero attached hydrogens (tertiary/aromatic N) is 2. The van der Waals surface area contributed by atoms with Crippen LogP contribution in [0.5, 0.6) is 0 Å². The molecule has 1 unspecified atom stereocenters. The first-order valence-corrected chi connectivity index (χ1v) is 9.52. The third-order valence-corrected chi connectivity index (χ3v) is 5.56. The quantitative estimate of drug-likeness (QED) is 0.670. The Bertz CT molecular complexity index is 372. The molecule has 6 nitrogen and oxygen atoms in total. The minimum Gasteiger partial charge on any atom is -0.384 e. The predicted molar refractivity (Wildman–Crippen MR) is 97.1 cm³/mol. The predicted octanol–water partition coefficient (Wildman–Crippen LogP) is 0.392. The van der Waals surface area contributed by atoms with E-state index in [1.54, 1.807) is 7.11 Å². The van der Waals surface area contributed by atoms with E-state index in [-0.39, 0.29) is 11.3 Å². The van der Waals surface area contributed by atoms with Crippen molar-refractivity contribution < 1.29 is 9.53 Å². The van der Waals surface area contributed by atoms with E-state index in [0.717, 1.165) is 58.7 Å². The van der Waals surface area contributed by atoms with Gasteiger partial charge in [-0.25, -0.2) is 0 Å². The third kappa shape index (κ3) is 5.41. The number of piperazine rings is 1. The van der Waals surface area contributed by atoms with Crippen LogP contribution < -0.4 is 10.6 Å². The van der Waals surface area contributed by atoms with E-state index >= 15 is 0 Å². The van der Waals surface area contributed by atoms with Crippen LogP contribution in [0.2, 0.25) is 0 Å². The highest BCUT2D eigenvalue weighted by Crippen LogP contribution is 2.29. The van der Waals surface area contributed by atoms with Gasteiger partial charge in [0.05, 0.1) is 12.0 Å². The molecule has 0 aromatic heterocycles. The number of likely N-dealkylation sites (N-methyl/N-ethyl adjacent to an activating group) is 1. The maximum Gasteiger partial charge on any atom is 0.228 e. The van der Waals surface area contributed by atoms with Crippen molar-refractivity contribution in [1.29, 1.82) is 0 Å². The molecular weight excluding hydrogens is 304 g/mol. The lowest BCUT2D eigenvalue weighted by atomic mass is 9.78. The molecule has 0 radical (unpaired) electrons. The van der Waals surface area contributed by atoms with Crippen LogP contribution in [-0.2, 0) is 9.53 Å². The van der Waals surface area contributed by atoms with Crippen LogP contribution in [0.25, 0.3) is 0 Å². The summed E-state index contributed by atoms with van der Waals surface area (Å²) in [6.07, 6.45) is 1.72. The van der Waals surface area contributed by atoms with Gasteiger partial charge in [-0.05, 0) is 38.4 Å². The van der Waals surface area contributed by atoms with Crippen LogP contribution in [0, 0.1) is 11.3 Å². The molecule has 6 heteroatoms. The second kappa shape index (κ2) is 9.70. The highest BCUT2D eigenvalue weighted by molar-refractivity contribution is 5.83. The zero-order valence-corrected chi connectivity index (χ0v) is 15.8. The summed E-state index contributed by atoms with van der Waals surface area (Å²) in [4.78, 5) is 17.8. The maximum absolute atomic E-state index is 12.7. The average molecular weight is 341 g/mol. The molecule has 2 saturated heterocycles. The number of rotatable bonds is 8. The van der Waals surface area contributed by atoms with E-state index in [1.165, 1.54) is 13.1 Å². The first kappa shape index (κ1) is 19.6. The molecule has 24 heavy (non-hydrogen) atoms. The largest absolute Gasteiger partial charge is 0.384 e. The average Bonchev–Trinajstić information content (AvgIpc) is 2.61. The zero-order chi connectivity index (χ0) is 17.4. The normalized spacial score (nSPS) is 23.8. The minimum atomic E-state index is -0.341. The van der Waals surface area contributed by atoms with E-state index < -0.39 is 0 Å². The number of ether oxygens (including phenoxy) is 1. The van der Waals surface area contributed by atoms with Gasteiger partial charge in [-0.1, -0.05) is 13.8 Å². The highest BCUT2D eigenvalue weighted by atomic mass is 16.5. The van der Waals surface area contributed by atoms with Crippen molar-refractivity contribution in [3.63, 3.8) is 0 Å². The van der Waals surface area contributed by atoms with Gasteiger partial charge in [-0.2, -0.15) is 0 Å². The lowest BCUT2D eigenvalue weighted by Crippen LogP contribution is -2.52. The van der Waals surface area contributed by atoms with Gasteiger partial charge in [-0.3, -0.25) is 4.79 Å². The van der Waals surface area contributed by atoms with Crippen molar-refractivity contribution in [3.05, 3.63) is 0 Å². The number of nitrogens with one attached hydrogen (secondary N) is 2. The molecular formula is C18H36N4O2. The maximum atomic E-state index is 12.7. The van der Waals surface area contributed by atoms with Gasteiger partial charge in [0.15, 0.2) is 0 Å². The molecule has 0 bridgehead atoms. The fraction of sp³-hybridized carbons (Fsp3) is 0.944. The first-order valence-electron chi connectivity index (χ1n) is 9.52. The van der Waals surface area contributed by atoms with Crippen LogP contribution >= 0.6 is 0 Å². The molecule has 0 aliphatic carbocycles. The number of carbonyl (C=O) groups is 1. The SMILES string of the molecule is CCN1CCN(CC(C)CNC(=O)C2(COC)CCNCC2)CC1. The molecule has 0 saturated carbocycles. The Kier molecular flexibility index (Phi) is 7.94. The molecule has 1 atom stereocenters. The monoisotopic (exact) mass is 340 g/mol. The molecule has 2 heterocycles. The van der Waals surface area contributed by atoms with E-state index in [2.05, 4.69) is 34.3 Å². The van der Waals surface area contributed by atoms with Gasteiger partial charge in [0, 0.05) is 46.4 Å². The number of amides is 1. The van der Waals surface area contributed by atoms with Gasteiger partial charge < -0.3 is 25.2 Å². The summed E-state index contributed by atoms with van der Waals surface area (Å²) in [5, 5.41) is 6.54. The summed E-state index contributed by atoms with van der Waals surface area (Å²) in [6, 6.07) is 0. The number of hydrogen-bond acceptors (Lipinski definition) is 5. The van der Waals surface area contributed by atoms with Gasteiger partial charge in [-0.15, -0.1) is 0 Å². The topological polar surface area (TPSA) is 56.8 Å². The van der Waals surface area contributed by atoms with Crippen LogP contribution in [0.1, 0.15) is 26.7 Å². The lowest BCUT2D eigenvalue weighted by molar-refractivity contribution is -0.136. The summed E-state index contributed by atoms with van der Waals surface area (Å²) in [7, 11) is 1.69. The minimum absolute atomic E-state index is 0.175. The van der Waals surface area contributed by atoms with Gasteiger partial charge >= 0.3 is 0 Å². The Morgan fingerprint density at radius 3 is 2.42 bits per heavy atom. The van der Waals surface area contributed by atoms with Gasteiger partial charge in [0.2, 0.25) is 5.91 Å². The second-order valence-corrected chi connectivity index (χ2v) is 7.51. The van der Waals surface area contributed by atoms with E-state index in [9.17, 15) is 4.79 Å². The summed E-state index contributed by atoms with van der Waals surface area (Å²) >= 11 is 0. The van der Waals surface area contributed by atoms with Crippen molar-refractivity contribution in [1.82, 2.24) is 20.4 Å². The van der Waals surface area contributed by atoms with Crippen LogP contribution in [-0.4, -0.2) is 88.3 Å². The Balaban J connectivity index is 1.74. The van der Waals surface area contributed by atoms with Gasteiger partial charge in [0.25, 0.3) is 0 Å². The summed E-state index contributed by atoms with van der Waals surface area (Å²) < 4.78 is 5.35. The molecule has 140 valence electrons. The standard InChI is InChI=1S/C18H36N4O2/c1-4-21-9-11-22(12-10-21)14-16(2)13-20-17(23)18(15-24-3)5-7-19-8-6-18/h16,19H,4-15H2,1-3H3,(H,20,23). The van der Waals surface area contributed by atoms with E-state index in [0.29, 0.717) is 12.5 Å². The number of piperidine rings is 1. The Morgan fingerprint density at radius 2 is 1.83 bits per heavy atom. The van der Waals surface area contributed by atoms with Crippen LogP contribution in [0.15, 0.2) is 0 Å².